The van der Waals surface area contributed by atoms with Crippen molar-refractivity contribution in [2.75, 3.05) is 82.3 Å². The average molecular weight is 678 g/mol. The summed E-state index contributed by atoms with van der Waals surface area (Å²) in [4.78, 5) is 22.5. The zero-order valence-electron chi connectivity index (χ0n) is 30.1. The van der Waals surface area contributed by atoms with Crippen molar-refractivity contribution in [2.45, 2.75) is 57.8 Å². The maximum atomic E-state index is 6.01. The molecule has 11 heteroatoms. The highest BCUT2D eigenvalue weighted by atomic mass is 31.1. The van der Waals surface area contributed by atoms with Crippen LogP contribution in [0, 0.1) is 0 Å². The summed E-state index contributed by atoms with van der Waals surface area (Å²) in [7, 11) is 5.65. The van der Waals surface area contributed by atoms with Crippen LogP contribution in [0.5, 0.6) is 5.75 Å². The van der Waals surface area contributed by atoms with Gasteiger partial charge in [0.15, 0.2) is 7.28 Å². The van der Waals surface area contributed by atoms with Gasteiger partial charge in [-0.15, -0.1) is 0 Å². The Morgan fingerprint density at radius 3 is 2.37 bits per heavy atom. The lowest BCUT2D eigenvalue weighted by Crippen LogP contribution is -2.52. The number of likely N-dealkylation sites (N-methyl/N-ethyl adjacent to an activating group) is 1. The van der Waals surface area contributed by atoms with Crippen LogP contribution in [0.25, 0.3) is 10.9 Å². The van der Waals surface area contributed by atoms with Crippen LogP contribution in [0.1, 0.15) is 49.8 Å². The number of benzene rings is 2. The van der Waals surface area contributed by atoms with Crippen LogP contribution in [-0.2, 0) is 6.42 Å². The molecule has 2 N–H and O–H groups in total. The van der Waals surface area contributed by atoms with Crippen LogP contribution >= 0.6 is 7.92 Å². The fourth-order valence-corrected chi connectivity index (χ4v) is 8.78. The van der Waals surface area contributed by atoms with E-state index in [1.807, 2.05) is 13.0 Å². The summed E-state index contributed by atoms with van der Waals surface area (Å²) in [6, 6.07) is 13.9. The SMILES string of the molecule is C[B]c1cnc(Nc2cc(OC)c(N3CCC(N4CCN(C)CC4)CC3)cc2CC)nc1Nc1ccc2nc(C3CC3)ccc2c1P(C)C. The fraction of sp³-hybridized carbons (Fsp3) is 0.500. The third-order valence-electron chi connectivity index (χ3n) is 10.6. The summed E-state index contributed by atoms with van der Waals surface area (Å²) in [6.45, 7) is 15.6. The number of nitrogens with zero attached hydrogens (tertiary/aromatic N) is 6. The molecule has 257 valence electrons. The lowest BCUT2D eigenvalue weighted by molar-refractivity contribution is 0.0981. The van der Waals surface area contributed by atoms with Gasteiger partial charge < -0.3 is 25.2 Å². The van der Waals surface area contributed by atoms with E-state index < -0.39 is 7.92 Å². The van der Waals surface area contributed by atoms with Gasteiger partial charge in [0, 0.05) is 91.3 Å². The fourth-order valence-electron chi connectivity index (χ4n) is 7.49. The second kappa shape index (κ2) is 14.8. The quantitative estimate of drug-likeness (QED) is 0.149. The molecular formula is C38H51BN8OP. The Hall–Kier alpha value is -3.46. The lowest BCUT2D eigenvalue weighted by atomic mass is 9.74. The minimum atomic E-state index is -0.406. The molecule has 1 aliphatic carbocycles. The zero-order valence-corrected chi connectivity index (χ0v) is 31.0. The monoisotopic (exact) mass is 677 g/mol. The molecule has 9 nitrogen and oxygen atoms in total. The molecule has 2 aromatic carbocycles. The number of aromatic nitrogens is 3. The van der Waals surface area contributed by atoms with Gasteiger partial charge in [-0.1, -0.05) is 27.7 Å². The Kier molecular flexibility index (Phi) is 10.3. The molecule has 7 rings (SSSR count). The van der Waals surface area contributed by atoms with Crippen LogP contribution < -0.4 is 31.0 Å². The molecular weight excluding hydrogens is 626 g/mol. The van der Waals surface area contributed by atoms with Gasteiger partial charge in [-0.05, 0) is 87.8 Å². The summed E-state index contributed by atoms with van der Waals surface area (Å²) in [5.41, 5.74) is 7.72. The second-order valence-electron chi connectivity index (χ2n) is 14.1. The number of pyridine rings is 1. The standard InChI is InChI=1S/C38H51BN8OP/c1-7-25-22-34(47-16-14-27(15-17-47)46-20-18-45(3)19-21-46)35(48-4)23-33(25)43-38-40-24-29(39-2)37(44-38)42-32-13-12-31-28(36(32)49(5)6)10-11-30(41-31)26-8-9-26/h10-13,22-24,26-27H,7-9,14-21H2,1-6H3,(H2,40,42,43,44). The van der Waals surface area contributed by atoms with E-state index in [0.29, 0.717) is 17.9 Å². The van der Waals surface area contributed by atoms with Crippen molar-refractivity contribution >= 4 is 65.7 Å². The van der Waals surface area contributed by atoms with Crippen molar-refractivity contribution in [1.82, 2.24) is 24.8 Å². The number of anilines is 5. The van der Waals surface area contributed by atoms with Crippen molar-refractivity contribution in [1.29, 1.82) is 0 Å². The van der Waals surface area contributed by atoms with E-state index in [1.165, 1.54) is 79.5 Å². The number of methoxy groups -OCH3 is 1. The smallest absolute Gasteiger partial charge is 0.229 e. The number of ether oxygens (including phenoxy) is 1. The Bertz CT molecular complexity index is 1780. The summed E-state index contributed by atoms with van der Waals surface area (Å²) in [6.07, 6.45) is 7.67. The van der Waals surface area contributed by atoms with Gasteiger partial charge in [-0.3, -0.25) is 9.88 Å². The highest BCUT2D eigenvalue weighted by molar-refractivity contribution is 7.65. The number of hydrogen-bond donors (Lipinski definition) is 2. The summed E-state index contributed by atoms with van der Waals surface area (Å²) in [5, 5.41) is 9.80. The predicted octanol–water partition coefficient (Wildman–Crippen LogP) is 5.92. The summed E-state index contributed by atoms with van der Waals surface area (Å²) >= 11 is 0. The van der Waals surface area contributed by atoms with E-state index in [2.05, 4.69) is 96.3 Å². The minimum Gasteiger partial charge on any atom is -0.495 e. The first-order valence-corrected chi connectivity index (χ1v) is 20.3. The van der Waals surface area contributed by atoms with E-state index in [4.69, 9.17) is 19.7 Å². The molecule has 1 radical (unpaired) electrons. The first-order valence-electron chi connectivity index (χ1n) is 18.0. The number of piperidine rings is 1. The Morgan fingerprint density at radius 1 is 0.918 bits per heavy atom. The van der Waals surface area contributed by atoms with Crippen molar-refractivity contribution in [3.05, 3.63) is 53.9 Å². The number of rotatable bonds is 11. The molecule has 2 saturated heterocycles. The molecule has 0 unspecified atom stereocenters. The molecule has 1 saturated carbocycles. The molecule has 49 heavy (non-hydrogen) atoms. The van der Waals surface area contributed by atoms with Gasteiger partial charge >= 0.3 is 0 Å². The van der Waals surface area contributed by atoms with Gasteiger partial charge in [0.1, 0.15) is 11.6 Å². The van der Waals surface area contributed by atoms with Crippen LogP contribution in [0.3, 0.4) is 0 Å². The maximum Gasteiger partial charge on any atom is 0.229 e. The maximum absolute atomic E-state index is 6.01. The van der Waals surface area contributed by atoms with Crippen molar-refractivity contribution in [2.24, 2.45) is 0 Å². The zero-order chi connectivity index (χ0) is 34.1. The largest absolute Gasteiger partial charge is 0.495 e. The molecule has 4 aromatic rings. The van der Waals surface area contributed by atoms with Gasteiger partial charge in [-0.25, -0.2) is 4.98 Å². The molecule has 0 amide bonds. The second-order valence-corrected chi connectivity index (χ2v) is 16.3. The third kappa shape index (κ3) is 7.38. The van der Waals surface area contributed by atoms with E-state index in [1.54, 1.807) is 7.11 Å². The Labute approximate surface area is 294 Å². The van der Waals surface area contributed by atoms with Crippen LogP contribution in [0.4, 0.5) is 28.8 Å². The van der Waals surface area contributed by atoms with Crippen molar-refractivity contribution in [3.8, 4) is 5.75 Å². The Morgan fingerprint density at radius 2 is 1.69 bits per heavy atom. The Balaban J connectivity index is 1.11. The molecule has 4 heterocycles. The minimum absolute atomic E-state index is 0.406. The first-order chi connectivity index (χ1) is 23.8. The molecule has 0 bridgehead atoms. The summed E-state index contributed by atoms with van der Waals surface area (Å²) < 4.78 is 6.01. The van der Waals surface area contributed by atoms with Crippen LogP contribution in [-0.4, -0.2) is 105 Å². The normalized spacial score (nSPS) is 17.9. The number of nitrogens with one attached hydrogen (secondary N) is 2. The number of aryl methyl sites for hydroxylation is 1. The molecule has 2 aromatic heterocycles. The van der Waals surface area contributed by atoms with E-state index in [9.17, 15) is 0 Å². The molecule has 3 aliphatic rings. The van der Waals surface area contributed by atoms with Crippen LogP contribution in [0.2, 0.25) is 6.82 Å². The van der Waals surface area contributed by atoms with Crippen molar-refractivity contribution in [3.63, 3.8) is 0 Å². The topological polar surface area (TPSA) is 81.7 Å². The van der Waals surface area contributed by atoms with Gasteiger partial charge in [-0.2, -0.15) is 4.98 Å². The highest BCUT2D eigenvalue weighted by Crippen LogP contribution is 2.41. The molecule has 0 atom stereocenters. The molecule has 3 fully saturated rings. The lowest BCUT2D eigenvalue weighted by Gasteiger charge is -2.42. The van der Waals surface area contributed by atoms with Gasteiger partial charge in [0.05, 0.1) is 18.3 Å². The molecule has 0 spiro atoms. The molecule has 2 aliphatic heterocycles. The van der Waals surface area contributed by atoms with Gasteiger partial charge in [0.25, 0.3) is 0 Å². The van der Waals surface area contributed by atoms with Gasteiger partial charge in [0.2, 0.25) is 5.95 Å². The average Bonchev–Trinajstić information content (AvgIpc) is 3.98. The van der Waals surface area contributed by atoms with E-state index in [0.717, 1.165) is 53.4 Å². The van der Waals surface area contributed by atoms with Crippen molar-refractivity contribution < 1.29 is 4.74 Å². The number of fused-ring (bicyclic) bond motifs is 1. The van der Waals surface area contributed by atoms with Crippen LogP contribution in [0.15, 0.2) is 42.6 Å². The first kappa shape index (κ1) is 34.0. The number of piperazine rings is 1. The predicted molar refractivity (Wildman–Crippen MR) is 209 cm³/mol. The number of hydrogen-bond acceptors (Lipinski definition) is 9. The summed E-state index contributed by atoms with van der Waals surface area (Å²) in [5.74, 6) is 2.86. The highest BCUT2D eigenvalue weighted by Gasteiger charge is 2.29. The van der Waals surface area contributed by atoms with E-state index >= 15 is 0 Å². The van der Waals surface area contributed by atoms with E-state index in [-0.39, 0.29) is 0 Å². The third-order valence-corrected chi connectivity index (χ3v) is 12.0.